The van der Waals surface area contributed by atoms with Gasteiger partial charge in [0.25, 0.3) is 5.69 Å². The molecular weight excluding hydrogens is 394 g/mol. The zero-order valence-corrected chi connectivity index (χ0v) is 16.3. The van der Waals surface area contributed by atoms with Gasteiger partial charge >= 0.3 is 11.9 Å². The molecule has 1 aromatic carbocycles. The first-order valence-corrected chi connectivity index (χ1v) is 8.69. The van der Waals surface area contributed by atoms with Crippen molar-refractivity contribution >= 4 is 17.6 Å². The number of nitro benzene ring substituents is 1. The highest BCUT2D eigenvalue weighted by Crippen LogP contribution is 2.39. The van der Waals surface area contributed by atoms with Gasteiger partial charge in [-0.2, -0.15) is 5.26 Å². The molecule has 0 radical (unpaired) electrons. The first kappa shape index (κ1) is 22.2. The molecular formula is C20H19N3O7. The minimum absolute atomic E-state index is 0.0147. The van der Waals surface area contributed by atoms with Gasteiger partial charge in [0, 0.05) is 17.7 Å². The van der Waals surface area contributed by atoms with Gasteiger partial charge in [0.1, 0.15) is 30.6 Å². The molecule has 0 spiro atoms. The third kappa shape index (κ3) is 4.82. The van der Waals surface area contributed by atoms with Gasteiger partial charge in [-0.05, 0) is 19.4 Å². The second-order valence-corrected chi connectivity index (χ2v) is 6.30. The van der Waals surface area contributed by atoms with Crippen LogP contribution in [0.15, 0.2) is 59.2 Å². The predicted octanol–water partition coefficient (Wildman–Crippen LogP) is 2.34. The molecule has 156 valence electrons. The van der Waals surface area contributed by atoms with Crippen molar-refractivity contribution in [3.05, 3.63) is 74.9 Å². The van der Waals surface area contributed by atoms with E-state index in [4.69, 9.17) is 19.9 Å². The molecule has 10 heteroatoms. The van der Waals surface area contributed by atoms with Crippen molar-refractivity contribution in [2.75, 3.05) is 13.2 Å². The Bertz CT molecular complexity index is 1000. The van der Waals surface area contributed by atoms with Crippen LogP contribution in [-0.4, -0.2) is 30.1 Å². The van der Waals surface area contributed by atoms with Crippen molar-refractivity contribution in [1.29, 1.82) is 5.26 Å². The minimum atomic E-state index is -0.935. The second-order valence-electron chi connectivity index (χ2n) is 6.30. The largest absolute Gasteiger partial charge is 0.459 e. The summed E-state index contributed by atoms with van der Waals surface area (Å²) in [7, 11) is 0. The van der Waals surface area contributed by atoms with Crippen LogP contribution in [0.4, 0.5) is 5.69 Å². The first-order valence-electron chi connectivity index (χ1n) is 8.69. The molecule has 0 saturated heterocycles. The summed E-state index contributed by atoms with van der Waals surface area (Å²) in [5, 5.41) is 20.4. The summed E-state index contributed by atoms with van der Waals surface area (Å²) in [6.45, 7) is 5.99. The number of nitro groups is 1. The van der Waals surface area contributed by atoms with Crippen LogP contribution in [0.3, 0.4) is 0 Å². The van der Waals surface area contributed by atoms with E-state index < -0.39 is 22.8 Å². The molecule has 30 heavy (non-hydrogen) atoms. The first-order chi connectivity index (χ1) is 14.2. The molecule has 10 nitrogen and oxygen atoms in total. The number of rotatable bonds is 7. The lowest BCUT2D eigenvalue weighted by atomic mass is 9.83. The molecule has 1 heterocycles. The van der Waals surface area contributed by atoms with E-state index in [9.17, 15) is 25.0 Å². The Labute approximate surface area is 172 Å². The second kappa shape index (κ2) is 9.38. The summed E-state index contributed by atoms with van der Waals surface area (Å²) in [4.78, 5) is 34.4. The van der Waals surface area contributed by atoms with E-state index >= 15 is 0 Å². The van der Waals surface area contributed by atoms with Crippen molar-refractivity contribution in [2.45, 2.75) is 19.8 Å². The zero-order chi connectivity index (χ0) is 22.4. The SMILES string of the molecule is C=C(C)C(=O)OCCOC(=O)C1=C(C)OC(N)=C(C#N)[C@H]1c1ccc([N+](=O)[O-])cc1. The van der Waals surface area contributed by atoms with Gasteiger partial charge in [-0.25, -0.2) is 9.59 Å². The predicted molar refractivity (Wildman–Crippen MR) is 103 cm³/mol. The molecule has 0 bridgehead atoms. The quantitative estimate of drug-likeness (QED) is 0.233. The van der Waals surface area contributed by atoms with Gasteiger partial charge in [-0.1, -0.05) is 18.7 Å². The lowest BCUT2D eigenvalue weighted by Gasteiger charge is -2.26. The third-order valence-corrected chi connectivity index (χ3v) is 4.16. The molecule has 0 aliphatic carbocycles. The monoisotopic (exact) mass is 413 g/mol. The number of allylic oxidation sites excluding steroid dienone is 2. The fourth-order valence-electron chi connectivity index (χ4n) is 2.74. The Morgan fingerprint density at radius 2 is 1.90 bits per heavy atom. The molecule has 0 fully saturated rings. The van der Waals surface area contributed by atoms with Gasteiger partial charge in [0.05, 0.1) is 16.4 Å². The highest BCUT2D eigenvalue weighted by Gasteiger charge is 2.36. The molecule has 1 aliphatic rings. The van der Waals surface area contributed by atoms with E-state index in [2.05, 4.69) is 6.58 Å². The van der Waals surface area contributed by atoms with Crippen molar-refractivity contribution < 1.29 is 28.7 Å². The number of hydrogen-bond donors (Lipinski definition) is 1. The topological polar surface area (TPSA) is 155 Å². The number of non-ortho nitro benzene ring substituents is 1. The number of hydrogen-bond acceptors (Lipinski definition) is 9. The van der Waals surface area contributed by atoms with Crippen LogP contribution in [0, 0.1) is 21.4 Å². The zero-order valence-electron chi connectivity index (χ0n) is 16.3. The fourth-order valence-corrected chi connectivity index (χ4v) is 2.74. The molecule has 1 aliphatic heterocycles. The Morgan fingerprint density at radius 1 is 1.30 bits per heavy atom. The molecule has 2 rings (SSSR count). The molecule has 0 saturated carbocycles. The lowest BCUT2D eigenvalue weighted by molar-refractivity contribution is -0.384. The van der Waals surface area contributed by atoms with Crippen LogP contribution < -0.4 is 5.73 Å². The van der Waals surface area contributed by atoms with Crippen molar-refractivity contribution in [3.63, 3.8) is 0 Å². The molecule has 0 amide bonds. The molecule has 1 atom stereocenters. The summed E-state index contributed by atoms with van der Waals surface area (Å²) >= 11 is 0. The molecule has 1 aromatic rings. The normalized spacial score (nSPS) is 15.7. The average molecular weight is 413 g/mol. The molecule has 0 unspecified atom stereocenters. The maximum atomic E-state index is 12.7. The smallest absolute Gasteiger partial charge is 0.338 e. The number of nitrogens with zero attached hydrogens (tertiary/aromatic N) is 2. The van der Waals surface area contributed by atoms with Crippen molar-refractivity contribution in [3.8, 4) is 6.07 Å². The Balaban J connectivity index is 2.28. The molecule has 0 aromatic heterocycles. The summed E-state index contributed by atoms with van der Waals surface area (Å²) in [6, 6.07) is 7.27. The Morgan fingerprint density at radius 3 is 2.43 bits per heavy atom. The molecule has 2 N–H and O–H groups in total. The number of carbonyl (C=O) groups is 2. The van der Waals surface area contributed by atoms with Crippen molar-refractivity contribution in [2.24, 2.45) is 5.73 Å². The van der Waals surface area contributed by atoms with E-state index in [1.165, 1.54) is 38.1 Å². The van der Waals surface area contributed by atoms with Crippen LogP contribution >= 0.6 is 0 Å². The van der Waals surface area contributed by atoms with E-state index in [1.54, 1.807) is 0 Å². The van der Waals surface area contributed by atoms with Crippen LogP contribution in [0.2, 0.25) is 0 Å². The number of nitrogens with two attached hydrogens (primary N) is 1. The summed E-state index contributed by atoms with van der Waals surface area (Å²) < 4.78 is 15.3. The van der Waals surface area contributed by atoms with Crippen LogP contribution in [0.25, 0.3) is 0 Å². The Hall–Kier alpha value is -4.13. The number of carbonyl (C=O) groups excluding carboxylic acids is 2. The van der Waals surface area contributed by atoms with Gasteiger partial charge in [0.2, 0.25) is 5.88 Å². The minimum Gasteiger partial charge on any atom is -0.459 e. The maximum Gasteiger partial charge on any atom is 0.338 e. The summed E-state index contributed by atoms with van der Waals surface area (Å²) in [5.74, 6) is -2.41. The van der Waals surface area contributed by atoms with Crippen LogP contribution in [0.5, 0.6) is 0 Å². The number of esters is 2. The maximum absolute atomic E-state index is 12.7. The van der Waals surface area contributed by atoms with E-state index in [-0.39, 0.29) is 47.3 Å². The number of ether oxygens (including phenoxy) is 3. The Kier molecular flexibility index (Phi) is 6.93. The highest BCUT2D eigenvalue weighted by molar-refractivity contribution is 5.92. The standard InChI is InChI=1S/C20H19N3O7/c1-11(2)19(24)28-8-9-29-20(25)16-12(3)30-18(22)15(10-21)17(16)13-4-6-14(7-5-13)23(26)27/h4-7,17H,1,8-9,22H2,2-3H3/t17-/m1/s1. The summed E-state index contributed by atoms with van der Waals surface area (Å²) in [5.41, 5.74) is 6.27. The third-order valence-electron chi connectivity index (χ3n) is 4.16. The van der Waals surface area contributed by atoms with Gasteiger partial charge in [-0.3, -0.25) is 10.1 Å². The van der Waals surface area contributed by atoms with Crippen LogP contribution in [0.1, 0.15) is 25.3 Å². The average Bonchev–Trinajstić information content (AvgIpc) is 2.70. The summed E-state index contributed by atoms with van der Waals surface area (Å²) in [6.07, 6.45) is 0. The highest BCUT2D eigenvalue weighted by atomic mass is 16.6. The number of benzene rings is 1. The van der Waals surface area contributed by atoms with E-state index in [1.807, 2.05) is 6.07 Å². The lowest BCUT2D eigenvalue weighted by Crippen LogP contribution is -2.26. The van der Waals surface area contributed by atoms with Crippen molar-refractivity contribution in [1.82, 2.24) is 0 Å². The van der Waals surface area contributed by atoms with Gasteiger partial charge < -0.3 is 19.9 Å². The fraction of sp³-hybridized carbons (Fsp3) is 0.250. The van der Waals surface area contributed by atoms with E-state index in [0.29, 0.717) is 5.56 Å². The van der Waals surface area contributed by atoms with E-state index in [0.717, 1.165) is 0 Å². The van der Waals surface area contributed by atoms with Gasteiger partial charge in [0.15, 0.2) is 0 Å². The van der Waals surface area contributed by atoms with Gasteiger partial charge in [-0.15, -0.1) is 0 Å². The number of nitriles is 1. The van der Waals surface area contributed by atoms with Crippen LogP contribution in [-0.2, 0) is 23.8 Å².